The molecule has 0 radical (unpaired) electrons. The standard InChI is InChI=1S/C18H22N2O4/c1-17(2,16(23)24)12-5-3-11(4-6-12)15(22)20-13-7-18(8-13)9-14(21)19-10-18/h3-6,13H,7-10H2,1-2H3,(H,19,21)(H,20,22)(H,23,24). The van der Waals surface area contributed by atoms with E-state index in [2.05, 4.69) is 10.6 Å². The number of carboxylic acids is 1. The fourth-order valence-electron chi connectivity index (χ4n) is 3.56. The quantitative estimate of drug-likeness (QED) is 0.778. The zero-order valence-electron chi connectivity index (χ0n) is 13.9. The number of aliphatic carboxylic acids is 1. The number of amides is 2. The van der Waals surface area contributed by atoms with Crippen LogP contribution in [-0.2, 0) is 15.0 Å². The molecule has 0 atom stereocenters. The average Bonchev–Trinajstić information content (AvgIpc) is 2.89. The number of benzene rings is 1. The van der Waals surface area contributed by atoms with Crippen LogP contribution in [0, 0.1) is 5.41 Å². The largest absolute Gasteiger partial charge is 0.481 e. The molecule has 1 spiro atoms. The molecule has 3 N–H and O–H groups in total. The van der Waals surface area contributed by atoms with Crippen LogP contribution in [0.1, 0.15) is 49.0 Å². The maximum absolute atomic E-state index is 12.3. The molecule has 1 aromatic rings. The Labute approximate surface area is 140 Å². The predicted molar refractivity (Wildman–Crippen MR) is 87.7 cm³/mol. The number of rotatable bonds is 4. The van der Waals surface area contributed by atoms with Gasteiger partial charge in [-0.2, -0.15) is 0 Å². The summed E-state index contributed by atoms with van der Waals surface area (Å²) >= 11 is 0. The summed E-state index contributed by atoms with van der Waals surface area (Å²) in [4.78, 5) is 34.9. The van der Waals surface area contributed by atoms with Gasteiger partial charge in [-0.25, -0.2) is 0 Å². The third-order valence-electron chi connectivity index (χ3n) is 5.29. The van der Waals surface area contributed by atoms with E-state index in [1.54, 1.807) is 38.1 Å². The van der Waals surface area contributed by atoms with E-state index >= 15 is 0 Å². The zero-order valence-corrected chi connectivity index (χ0v) is 13.9. The maximum Gasteiger partial charge on any atom is 0.313 e. The highest BCUT2D eigenvalue weighted by atomic mass is 16.4. The van der Waals surface area contributed by atoms with Gasteiger partial charge >= 0.3 is 5.97 Å². The summed E-state index contributed by atoms with van der Waals surface area (Å²) in [7, 11) is 0. The fraction of sp³-hybridized carbons (Fsp3) is 0.500. The van der Waals surface area contributed by atoms with Crippen LogP contribution in [0.15, 0.2) is 24.3 Å². The lowest BCUT2D eigenvalue weighted by molar-refractivity contribution is -0.142. The molecule has 0 bridgehead atoms. The van der Waals surface area contributed by atoms with Crippen LogP contribution >= 0.6 is 0 Å². The Morgan fingerprint density at radius 3 is 2.38 bits per heavy atom. The van der Waals surface area contributed by atoms with Gasteiger partial charge in [0.05, 0.1) is 5.41 Å². The molecule has 1 saturated heterocycles. The van der Waals surface area contributed by atoms with E-state index in [9.17, 15) is 19.5 Å². The zero-order chi connectivity index (χ0) is 17.5. The van der Waals surface area contributed by atoms with Crippen LogP contribution in [0.3, 0.4) is 0 Å². The molecular formula is C18H22N2O4. The minimum atomic E-state index is -0.989. The highest BCUT2D eigenvalue weighted by Gasteiger charge is 2.49. The molecule has 1 heterocycles. The lowest BCUT2D eigenvalue weighted by Gasteiger charge is -2.44. The second-order valence-corrected chi connectivity index (χ2v) is 7.54. The van der Waals surface area contributed by atoms with Gasteiger partial charge in [0.2, 0.25) is 5.91 Å². The smallest absolute Gasteiger partial charge is 0.313 e. The van der Waals surface area contributed by atoms with Crippen molar-refractivity contribution in [2.24, 2.45) is 5.41 Å². The maximum atomic E-state index is 12.3. The number of hydrogen-bond acceptors (Lipinski definition) is 3. The molecule has 2 aliphatic rings. The molecule has 1 aromatic carbocycles. The second-order valence-electron chi connectivity index (χ2n) is 7.54. The molecule has 2 fully saturated rings. The first-order valence-electron chi connectivity index (χ1n) is 8.13. The highest BCUT2D eigenvalue weighted by Crippen LogP contribution is 2.46. The Kier molecular flexibility index (Phi) is 3.86. The van der Waals surface area contributed by atoms with Gasteiger partial charge in [-0.1, -0.05) is 12.1 Å². The van der Waals surface area contributed by atoms with Crippen molar-refractivity contribution in [1.82, 2.24) is 10.6 Å². The number of nitrogens with one attached hydrogen (secondary N) is 2. The first kappa shape index (κ1) is 16.5. The van der Waals surface area contributed by atoms with Crippen molar-refractivity contribution < 1.29 is 19.5 Å². The second kappa shape index (κ2) is 5.61. The number of hydrogen-bond donors (Lipinski definition) is 3. The molecule has 1 saturated carbocycles. The van der Waals surface area contributed by atoms with Crippen LogP contribution in [0.4, 0.5) is 0 Å². The summed E-state index contributed by atoms with van der Waals surface area (Å²) in [5.74, 6) is -0.970. The van der Waals surface area contributed by atoms with Gasteiger partial charge in [0.25, 0.3) is 5.91 Å². The number of carbonyl (C=O) groups excluding carboxylic acids is 2. The summed E-state index contributed by atoms with van der Waals surface area (Å²) in [6, 6.07) is 6.78. The molecule has 2 amide bonds. The van der Waals surface area contributed by atoms with Crippen molar-refractivity contribution >= 4 is 17.8 Å². The van der Waals surface area contributed by atoms with Crippen molar-refractivity contribution in [1.29, 1.82) is 0 Å². The Hall–Kier alpha value is -2.37. The first-order chi connectivity index (χ1) is 11.2. The Morgan fingerprint density at radius 1 is 1.25 bits per heavy atom. The SMILES string of the molecule is CC(C)(C(=O)O)c1ccc(C(=O)NC2CC3(CNC(=O)C3)C2)cc1. The van der Waals surface area contributed by atoms with E-state index in [1.807, 2.05) is 0 Å². The van der Waals surface area contributed by atoms with Crippen LogP contribution in [0.2, 0.25) is 0 Å². The molecule has 0 aromatic heterocycles. The van der Waals surface area contributed by atoms with Gasteiger partial charge < -0.3 is 15.7 Å². The van der Waals surface area contributed by atoms with Crippen molar-refractivity contribution in [2.75, 3.05) is 6.54 Å². The van der Waals surface area contributed by atoms with Gasteiger partial charge in [-0.3, -0.25) is 14.4 Å². The lowest BCUT2D eigenvalue weighted by atomic mass is 9.65. The Bertz CT molecular complexity index is 687. The van der Waals surface area contributed by atoms with Crippen LogP contribution in [0.25, 0.3) is 0 Å². The van der Waals surface area contributed by atoms with E-state index in [0.717, 1.165) is 12.8 Å². The monoisotopic (exact) mass is 330 g/mol. The van der Waals surface area contributed by atoms with Gasteiger partial charge in [0, 0.05) is 30.0 Å². The average molecular weight is 330 g/mol. The molecule has 0 unspecified atom stereocenters. The molecule has 6 heteroatoms. The third-order valence-corrected chi connectivity index (χ3v) is 5.29. The van der Waals surface area contributed by atoms with E-state index in [4.69, 9.17) is 0 Å². The Balaban J connectivity index is 1.59. The normalized spacial score (nSPS) is 25.9. The molecular weight excluding hydrogens is 308 g/mol. The van der Waals surface area contributed by atoms with Crippen molar-refractivity contribution in [3.8, 4) is 0 Å². The summed E-state index contributed by atoms with van der Waals surface area (Å²) in [6.45, 7) is 3.97. The predicted octanol–water partition coefficient (Wildman–Crippen LogP) is 1.45. The van der Waals surface area contributed by atoms with Crippen molar-refractivity contribution in [3.05, 3.63) is 35.4 Å². The summed E-state index contributed by atoms with van der Waals surface area (Å²) in [6.07, 6.45) is 2.20. The van der Waals surface area contributed by atoms with Gasteiger partial charge in [-0.05, 0) is 44.4 Å². The summed E-state index contributed by atoms with van der Waals surface area (Å²) in [5.41, 5.74) is 0.216. The molecule has 3 rings (SSSR count). The lowest BCUT2D eigenvalue weighted by Crippen LogP contribution is -2.51. The molecule has 6 nitrogen and oxygen atoms in total. The van der Waals surface area contributed by atoms with Crippen LogP contribution in [-0.4, -0.2) is 35.5 Å². The number of carbonyl (C=O) groups is 3. The summed E-state index contributed by atoms with van der Waals surface area (Å²) in [5, 5.41) is 15.1. The van der Waals surface area contributed by atoms with Crippen molar-refractivity contribution in [3.63, 3.8) is 0 Å². The Morgan fingerprint density at radius 2 is 1.88 bits per heavy atom. The topological polar surface area (TPSA) is 95.5 Å². The van der Waals surface area contributed by atoms with Gasteiger partial charge in [0.15, 0.2) is 0 Å². The van der Waals surface area contributed by atoms with E-state index in [0.29, 0.717) is 24.1 Å². The van der Waals surface area contributed by atoms with Crippen LogP contribution in [0.5, 0.6) is 0 Å². The molecule has 24 heavy (non-hydrogen) atoms. The fourth-order valence-corrected chi connectivity index (χ4v) is 3.56. The molecule has 128 valence electrons. The minimum absolute atomic E-state index is 0.0321. The van der Waals surface area contributed by atoms with Gasteiger partial charge in [0.1, 0.15) is 0 Å². The number of carboxylic acid groups (broad SMARTS) is 1. The third kappa shape index (κ3) is 2.88. The minimum Gasteiger partial charge on any atom is -0.481 e. The molecule has 1 aliphatic carbocycles. The van der Waals surface area contributed by atoms with Crippen LogP contribution < -0.4 is 10.6 Å². The van der Waals surface area contributed by atoms with E-state index < -0.39 is 11.4 Å². The van der Waals surface area contributed by atoms with E-state index in [-0.39, 0.29) is 23.3 Å². The van der Waals surface area contributed by atoms with Gasteiger partial charge in [-0.15, -0.1) is 0 Å². The van der Waals surface area contributed by atoms with Crippen molar-refractivity contribution in [2.45, 2.75) is 44.6 Å². The highest BCUT2D eigenvalue weighted by molar-refractivity contribution is 5.94. The van der Waals surface area contributed by atoms with E-state index in [1.165, 1.54) is 0 Å². The molecule has 1 aliphatic heterocycles. The summed E-state index contributed by atoms with van der Waals surface area (Å²) < 4.78 is 0. The first-order valence-corrected chi connectivity index (χ1v) is 8.13.